The van der Waals surface area contributed by atoms with Crippen molar-refractivity contribution in [3.8, 4) is 0 Å². The van der Waals surface area contributed by atoms with Crippen LogP contribution in [-0.2, 0) is 35.8 Å². The van der Waals surface area contributed by atoms with E-state index in [1.54, 1.807) is 54.3 Å². The summed E-state index contributed by atoms with van der Waals surface area (Å²) in [6.45, 7) is -0.485. The number of nitrogens with one attached hydrogen (secondary N) is 1. The van der Waals surface area contributed by atoms with Gasteiger partial charge in [0.05, 0.1) is 10.7 Å². The Morgan fingerprint density at radius 1 is 0.980 bits per heavy atom. The summed E-state index contributed by atoms with van der Waals surface area (Å²) in [6, 6.07) is 12.2. The van der Waals surface area contributed by atoms with Crippen LogP contribution in [-0.4, -0.2) is 80.6 Å². The largest absolute Gasteiger partial charge is 0.480 e. The van der Waals surface area contributed by atoms with Crippen LogP contribution in [0, 0.1) is 6.92 Å². The second-order valence-electron chi connectivity index (χ2n) is 10.8. The number of rotatable bonds is 11. The van der Waals surface area contributed by atoms with Gasteiger partial charge in [-0.1, -0.05) is 59.8 Å². The lowest BCUT2D eigenvalue weighted by Crippen LogP contribution is -2.37. The van der Waals surface area contributed by atoms with E-state index in [4.69, 9.17) is 25.7 Å². The molecule has 0 spiro atoms. The first-order valence-corrected chi connectivity index (χ1v) is 18.0. The smallest absolute Gasteiger partial charge is 0.323 e. The zero-order valence-electron chi connectivity index (χ0n) is 26.1. The molecule has 0 saturated carbocycles. The lowest BCUT2D eigenvalue weighted by molar-refractivity contribution is -0.140. The number of halogens is 1. The molecule has 0 aliphatic carbocycles. The predicted octanol–water partition coefficient (Wildman–Crippen LogP) is 1.66. The minimum Gasteiger partial charge on any atom is -0.480 e. The van der Waals surface area contributed by atoms with Crippen LogP contribution in [0.1, 0.15) is 11.1 Å². The van der Waals surface area contributed by atoms with Crippen LogP contribution in [0.15, 0.2) is 73.8 Å². The fraction of sp³-hybridized carbons (Fsp3) is 0.161. The molecule has 1 aromatic heterocycles. The van der Waals surface area contributed by atoms with E-state index < -0.39 is 79.5 Å². The molecule has 266 valence electrons. The Bertz CT molecular complexity index is 2350. The number of carbonyl (C=O) groups is 5. The van der Waals surface area contributed by atoms with Gasteiger partial charge >= 0.3 is 11.9 Å². The number of carboxylic acids is 2. The summed E-state index contributed by atoms with van der Waals surface area (Å²) >= 11 is 7.96. The van der Waals surface area contributed by atoms with Crippen LogP contribution in [0.5, 0.6) is 0 Å². The van der Waals surface area contributed by atoms with E-state index in [9.17, 15) is 42.3 Å². The maximum Gasteiger partial charge on any atom is 0.323 e. The number of benzene rings is 2. The lowest BCUT2D eigenvalue weighted by atomic mass is 10.1. The van der Waals surface area contributed by atoms with Gasteiger partial charge in [0.1, 0.15) is 30.4 Å². The normalized spacial score (nSPS) is 17.0. The molecular weight excluding hydrogens is 752 g/mol. The average molecular weight is 777 g/mol. The summed E-state index contributed by atoms with van der Waals surface area (Å²) in [7, 11) is -4.50. The fourth-order valence-corrected chi connectivity index (χ4v) is 7.37. The Kier molecular flexibility index (Phi) is 11.0. The molecule has 2 aliphatic heterocycles. The number of imide groups is 1. The van der Waals surface area contributed by atoms with Crippen molar-refractivity contribution < 1.29 is 51.6 Å². The molecule has 3 aromatic rings. The van der Waals surface area contributed by atoms with Crippen molar-refractivity contribution in [3.63, 3.8) is 0 Å². The number of aliphatic carboxylic acids is 2. The molecule has 0 atom stereocenters. The van der Waals surface area contributed by atoms with Crippen LogP contribution in [0.25, 0.3) is 16.6 Å². The highest BCUT2D eigenvalue weighted by Gasteiger charge is 2.39. The zero-order chi connectivity index (χ0) is 37.2. The number of hydrogen-bond acceptors (Lipinski definition) is 12. The van der Waals surface area contributed by atoms with Gasteiger partial charge in [0.2, 0.25) is 11.5 Å². The van der Waals surface area contributed by atoms with Crippen LogP contribution < -0.4 is 26.7 Å². The highest BCUT2D eigenvalue weighted by molar-refractivity contribution is 8.22. The number of thioether (sulfide) groups is 2. The Morgan fingerprint density at radius 2 is 1.67 bits per heavy atom. The number of carboxylic acid groups (broad SMARTS) is 2. The number of oxazole rings is 1. The molecule has 1 saturated heterocycles. The molecule has 0 bridgehead atoms. The van der Waals surface area contributed by atoms with Gasteiger partial charge in [-0.25, -0.2) is 0 Å². The molecule has 2 aliphatic rings. The number of carbonyl (C=O) groups excluding carboxylic acids is 3. The van der Waals surface area contributed by atoms with Gasteiger partial charge in [0, 0.05) is 9.92 Å². The monoisotopic (exact) mass is 776 g/mol. The number of nitrogens with zero attached hydrogens (tertiary/aromatic N) is 3. The van der Waals surface area contributed by atoms with E-state index in [0.717, 1.165) is 10.5 Å². The Labute approximate surface area is 301 Å². The van der Waals surface area contributed by atoms with Crippen molar-refractivity contribution in [2.45, 2.75) is 18.4 Å². The van der Waals surface area contributed by atoms with Crippen molar-refractivity contribution in [2.24, 2.45) is 0 Å². The zero-order valence-corrected chi connectivity index (χ0v) is 29.3. The van der Waals surface area contributed by atoms with Crippen molar-refractivity contribution in [3.05, 3.63) is 97.1 Å². The Hall–Kier alpha value is -5.08. The number of anilines is 1. The minimum absolute atomic E-state index is 0.296. The van der Waals surface area contributed by atoms with E-state index in [-0.39, 0.29) is 6.54 Å². The van der Waals surface area contributed by atoms with Crippen molar-refractivity contribution in [1.82, 2.24) is 14.8 Å². The highest BCUT2D eigenvalue weighted by atomic mass is 35.5. The number of amides is 3. The number of hydrogen-bond donors (Lipinski definition) is 4. The van der Waals surface area contributed by atoms with Crippen LogP contribution in [0.2, 0.25) is 5.02 Å². The molecule has 1 fully saturated rings. The van der Waals surface area contributed by atoms with E-state index >= 15 is 0 Å². The van der Waals surface area contributed by atoms with Crippen LogP contribution in [0.3, 0.4) is 0 Å². The van der Waals surface area contributed by atoms with Gasteiger partial charge in [-0.05, 0) is 59.7 Å². The SMILES string of the molecule is Cc1cc2c(cc1Cl)N(CC(=O)NCS(=O)(=O)O)C(=CC(=CC=c1oc(=C3SC(=O)N(CC(=O)O)C3=O)n(CC(=O)O)c1=O)c1ccccc1)S2. The molecule has 4 N–H and O–H groups in total. The van der Waals surface area contributed by atoms with Gasteiger partial charge < -0.3 is 24.8 Å². The summed E-state index contributed by atoms with van der Waals surface area (Å²) in [6.07, 6.45) is 4.36. The predicted molar refractivity (Wildman–Crippen MR) is 187 cm³/mol. The molecule has 16 nitrogen and oxygen atoms in total. The minimum atomic E-state index is -4.50. The lowest BCUT2D eigenvalue weighted by Gasteiger charge is -2.20. The molecule has 20 heteroatoms. The van der Waals surface area contributed by atoms with Crippen LogP contribution >= 0.6 is 35.1 Å². The topological polar surface area (TPSA) is 234 Å². The van der Waals surface area contributed by atoms with E-state index in [2.05, 4.69) is 5.32 Å². The molecular formula is C31H25ClN4O12S3. The summed E-state index contributed by atoms with van der Waals surface area (Å²) in [5.41, 5.74) is 0.423. The third-order valence-electron chi connectivity index (χ3n) is 7.10. The average Bonchev–Trinajstić information content (AvgIpc) is 3.64. The standard InChI is InChI=1S/C31H25ClN4O12S3/c1-16-9-22-20(11-19(16)32)34(12-23(37)33-15-51(45,46)47)24(49-22)10-18(17-5-3-2-4-6-17)7-8-21-28(42)35(13-25(38)39)30(48-21)27-29(43)36(14-26(40)41)31(44)50-27/h2-11H,12-15H2,1H3,(H,33,37)(H,38,39)(H,40,41)(H,45,46,47). The maximum atomic E-state index is 13.4. The summed E-state index contributed by atoms with van der Waals surface area (Å²) < 4.78 is 37.9. The molecule has 51 heavy (non-hydrogen) atoms. The fourth-order valence-electron chi connectivity index (χ4n) is 4.80. The van der Waals surface area contributed by atoms with Gasteiger partial charge in [-0.15, -0.1) is 0 Å². The van der Waals surface area contributed by atoms with E-state index in [1.807, 2.05) is 6.07 Å². The van der Waals surface area contributed by atoms with Gasteiger partial charge in [0.15, 0.2) is 5.42 Å². The molecule has 3 amide bonds. The van der Waals surface area contributed by atoms with Gasteiger partial charge in [-0.2, -0.15) is 8.42 Å². The Morgan fingerprint density at radius 3 is 2.31 bits per heavy atom. The first kappa shape index (κ1) is 37.2. The van der Waals surface area contributed by atoms with Gasteiger partial charge in [-0.3, -0.25) is 42.8 Å². The third kappa shape index (κ3) is 8.63. The molecule has 5 rings (SSSR count). The van der Waals surface area contributed by atoms with Gasteiger partial charge in [0.25, 0.3) is 26.8 Å². The van der Waals surface area contributed by atoms with Crippen molar-refractivity contribution >= 4 is 96.5 Å². The maximum absolute atomic E-state index is 13.4. The summed E-state index contributed by atoms with van der Waals surface area (Å²) in [5.74, 6) is -5.75. The first-order valence-electron chi connectivity index (χ1n) is 14.4. The number of aryl methyl sites for hydroxylation is 1. The molecule has 0 unspecified atom stereocenters. The summed E-state index contributed by atoms with van der Waals surface area (Å²) in [4.78, 5) is 76.6. The first-order chi connectivity index (χ1) is 24.0. The second-order valence-corrected chi connectivity index (χ2v) is 14.6. The van der Waals surface area contributed by atoms with E-state index in [1.165, 1.54) is 23.9 Å². The third-order valence-corrected chi connectivity index (χ3v) is 10.1. The van der Waals surface area contributed by atoms with Crippen LogP contribution in [0.4, 0.5) is 10.5 Å². The molecule has 2 aromatic carbocycles. The Balaban J connectivity index is 1.65. The number of allylic oxidation sites excluding steroid dienone is 3. The molecule has 3 heterocycles. The van der Waals surface area contributed by atoms with Crippen molar-refractivity contribution in [2.75, 3.05) is 23.9 Å². The van der Waals surface area contributed by atoms with E-state index in [0.29, 0.717) is 48.1 Å². The number of aromatic nitrogens is 1. The highest BCUT2D eigenvalue weighted by Crippen LogP contribution is 2.48. The summed E-state index contributed by atoms with van der Waals surface area (Å²) in [5, 5.41) is 20.6. The molecule has 0 radical (unpaired) electrons. The van der Waals surface area contributed by atoms with Crippen molar-refractivity contribution in [1.29, 1.82) is 0 Å². The quantitative estimate of drug-likeness (QED) is 0.203. The second kappa shape index (κ2) is 15.0. The number of fused-ring (bicyclic) bond motifs is 1.